The fourth-order valence-electron chi connectivity index (χ4n) is 3.77. The summed E-state index contributed by atoms with van der Waals surface area (Å²) in [6.45, 7) is 2.98. The van der Waals surface area contributed by atoms with Gasteiger partial charge < -0.3 is 14.5 Å². The van der Waals surface area contributed by atoms with Gasteiger partial charge >= 0.3 is 0 Å². The van der Waals surface area contributed by atoms with E-state index in [0.29, 0.717) is 0 Å². The summed E-state index contributed by atoms with van der Waals surface area (Å²) in [5.41, 5.74) is 2.46. The summed E-state index contributed by atoms with van der Waals surface area (Å²) in [5.74, 6) is 0.812. The molecule has 0 bridgehead atoms. The van der Waals surface area contributed by atoms with Gasteiger partial charge in [0.05, 0.1) is 0 Å². The number of hydrogen-bond donors (Lipinski definition) is 2. The van der Waals surface area contributed by atoms with Gasteiger partial charge in [-0.25, -0.2) is 0 Å². The van der Waals surface area contributed by atoms with E-state index in [1.54, 1.807) is 13.2 Å². The molecule has 27 heavy (non-hydrogen) atoms. The third-order valence-electron chi connectivity index (χ3n) is 5.30. The van der Waals surface area contributed by atoms with Crippen molar-refractivity contribution in [3.63, 3.8) is 0 Å². The van der Waals surface area contributed by atoms with Crippen LogP contribution in [-0.2, 0) is 10.5 Å². The summed E-state index contributed by atoms with van der Waals surface area (Å²) >= 11 is 0. The van der Waals surface area contributed by atoms with Crippen molar-refractivity contribution >= 4 is 10.9 Å². The van der Waals surface area contributed by atoms with Crippen molar-refractivity contribution in [2.45, 2.75) is 31.6 Å². The molecule has 0 spiro atoms. The number of benzene rings is 2. The van der Waals surface area contributed by atoms with Gasteiger partial charge in [-0.1, -0.05) is 18.2 Å². The molecule has 1 aliphatic rings. The number of ether oxygens (including phenoxy) is 2. The third kappa shape index (κ3) is 3.48. The summed E-state index contributed by atoms with van der Waals surface area (Å²) in [6, 6.07) is 17.4. The molecule has 0 amide bonds. The monoisotopic (exact) mass is 364 g/mol. The Morgan fingerprint density at radius 2 is 2.00 bits per heavy atom. The number of fused-ring (bicyclic) bond motifs is 1. The second-order valence-corrected chi connectivity index (χ2v) is 7.02. The number of nitrogens with one attached hydrogen (secondary N) is 2. The Labute approximate surface area is 158 Å². The average molecular weight is 364 g/mol. The topological polar surface area (TPSA) is 63.4 Å². The summed E-state index contributed by atoms with van der Waals surface area (Å²) in [5, 5.41) is 4.46. The molecule has 5 heteroatoms. The standard InChI is InChI=1S/C22H24N2O3/c1-15(16-7-9-20-17(13-16)8-10-21(25)24-20)27-19-6-3-5-18(14-19)22(26-2)11-4-12-23-22/h3,5-10,13-15,23H,4,11-12H2,1-2H3,(H,24,25). The Hall–Kier alpha value is -2.63. The molecule has 3 aromatic rings. The molecule has 1 fully saturated rings. The van der Waals surface area contributed by atoms with Crippen molar-refractivity contribution < 1.29 is 9.47 Å². The number of aromatic amines is 1. The molecule has 1 aromatic heterocycles. The first-order valence-corrected chi connectivity index (χ1v) is 9.30. The van der Waals surface area contributed by atoms with Crippen LogP contribution in [0.25, 0.3) is 10.9 Å². The summed E-state index contributed by atoms with van der Waals surface area (Å²) in [7, 11) is 1.74. The van der Waals surface area contributed by atoms with E-state index in [9.17, 15) is 4.79 Å². The lowest BCUT2D eigenvalue weighted by Gasteiger charge is -2.29. The number of rotatable bonds is 5. The minimum absolute atomic E-state index is 0.0936. The predicted octanol–water partition coefficient (Wildman–Crippen LogP) is 3.85. The molecule has 2 atom stereocenters. The number of hydrogen-bond acceptors (Lipinski definition) is 4. The highest BCUT2D eigenvalue weighted by atomic mass is 16.5. The fourth-order valence-corrected chi connectivity index (χ4v) is 3.77. The number of pyridine rings is 1. The van der Waals surface area contributed by atoms with Gasteiger partial charge in [0.25, 0.3) is 0 Å². The maximum Gasteiger partial charge on any atom is 0.248 e. The Morgan fingerprint density at radius 3 is 2.78 bits per heavy atom. The Kier molecular flexibility index (Phi) is 4.72. The highest BCUT2D eigenvalue weighted by Gasteiger charge is 2.35. The van der Waals surface area contributed by atoms with Crippen LogP contribution in [0.1, 0.15) is 37.0 Å². The Morgan fingerprint density at radius 1 is 1.11 bits per heavy atom. The van der Waals surface area contributed by atoms with Gasteiger partial charge in [0.15, 0.2) is 0 Å². The zero-order valence-electron chi connectivity index (χ0n) is 15.6. The quantitative estimate of drug-likeness (QED) is 0.722. The van der Waals surface area contributed by atoms with Crippen molar-refractivity contribution in [1.82, 2.24) is 10.3 Å². The molecule has 140 valence electrons. The number of aromatic nitrogens is 1. The summed E-state index contributed by atoms with van der Waals surface area (Å²) < 4.78 is 12.0. The first kappa shape index (κ1) is 17.8. The van der Waals surface area contributed by atoms with Crippen LogP contribution in [0.15, 0.2) is 59.4 Å². The molecule has 5 nitrogen and oxygen atoms in total. The van der Waals surface area contributed by atoms with Crippen LogP contribution >= 0.6 is 0 Å². The average Bonchev–Trinajstić information content (AvgIpc) is 3.18. The maximum atomic E-state index is 11.4. The van der Waals surface area contributed by atoms with E-state index in [1.807, 2.05) is 37.3 Å². The number of methoxy groups -OCH3 is 1. The molecule has 4 rings (SSSR count). The molecular formula is C22H24N2O3. The first-order valence-electron chi connectivity index (χ1n) is 9.30. The van der Waals surface area contributed by atoms with Crippen LogP contribution in [0.4, 0.5) is 0 Å². The molecule has 2 heterocycles. The molecule has 1 saturated heterocycles. The molecular weight excluding hydrogens is 340 g/mol. The lowest BCUT2D eigenvalue weighted by molar-refractivity contribution is -0.0288. The number of H-pyrrole nitrogens is 1. The largest absolute Gasteiger partial charge is 0.486 e. The van der Waals surface area contributed by atoms with E-state index in [-0.39, 0.29) is 11.7 Å². The maximum absolute atomic E-state index is 11.4. The van der Waals surface area contributed by atoms with E-state index >= 15 is 0 Å². The lowest BCUT2D eigenvalue weighted by Crippen LogP contribution is -2.38. The van der Waals surface area contributed by atoms with Gasteiger partial charge in [-0.3, -0.25) is 10.1 Å². The van der Waals surface area contributed by atoms with E-state index in [1.165, 1.54) is 0 Å². The van der Waals surface area contributed by atoms with Crippen molar-refractivity contribution in [2.24, 2.45) is 0 Å². The minimum atomic E-state index is -0.419. The second kappa shape index (κ2) is 7.18. The molecule has 0 saturated carbocycles. The Balaban J connectivity index is 1.58. The highest BCUT2D eigenvalue weighted by Crippen LogP contribution is 2.34. The zero-order chi connectivity index (χ0) is 18.9. The summed E-state index contributed by atoms with van der Waals surface area (Å²) in [4.78, 5) is 14.3. The van der Waals surface area contributed by atoms with Gasteiger partial charge in [0.1, 0.15) is 17.6 Å². The van der Waals surface area contributed by atoms with Crippen molar-refractivity contribution in [3.05, 3.63) is 76.1 Å². The van der Waals surface area contributed by atoms with Crippen LogP contribution in [0.3, 0.4) is 0 Å². The molecule has 2 aromatic carbocycles. The van der Waals surface area contributed by atoms with Gasteiger partial charge in [0, 0.05) is 24.3 Å². The van der Waals surface area contributed by atoms with Gasteiger partial charge in [-0.15, -0.1) is 0 Å². The normalized spacial score (nSPS) is 20.7. The molecule has 2 N–H and O–H groups in total. The van der Waals surface area contributed by atoms with Crippen LogP contribution in [0.5, 0.6) is 5.75 Å². The van der Waals surface area contributed by atoms with Crippen molar-refractivity contribution in [3.8, 4) is 5.75 Å². The van der Waals surface area contributed by atoms with E-state index in [0.717, 1.165) is 47.2 Å². The van der Waals surface area contributed by atoms with E-state index in [2.05, 4.69) is 28.5 Å². The first-order chi connectivity index (χ1) is 13.1. The summed E-state index contributed by atoms with van der Waals surface area (Å²) in [6.07, 6.45) is 1.92. The van der Waals surface area contributed by atoms with E-state index < -0.39 is 5.72 Å². The van der Waals surface area contributed by atoms with Gasteiger partial charge in [0.2, 0.25) is 5.56 Å². The van der Waals surface area contributed by atoms with Crippen LogP contribution < -0.4 is 15.6 Å². The zero-order valence-corrected chi connectivity index (χ0v) is 15.6. The van der Waals surface area contributed by atoms with E-state index in [4.69, 9.17) is 9.47 Å². The third-order valence-corrected chi connectivity index (χ3v) is 5.30. The fraction of sp³-hybridized carbons (Fsp3) is 0.318. The van der Waals surface area contributed by atoms with Crippen molar-refractivity contribution in [1.29, 1.82) is 0 Å². The SMILES string of the molecule is COC1(c2cccc(OC(C)c3ccc4[nH]c(=O)ccc4c3)c2)CCCN1. The Bertz CT molecular complexity index is 1010. The molecule has 0 aliphatic carbocycles. The van der Waals surface area contributed by atoms with Crippen LogP contribution in [0.2, 0.25) is 0 Å². The lowest BCUT2D eigenvalue weighted by atomic mass is 10.0. The highest BCUT2D eigenvalue weighted by molar-refractivity contribution is 5.79. The molecule has 0 radical (unpaired) electrons. The molecule has 2 unspecified atom stereocenters. The molecule has 1 aliphatic heterocycles. The minimum Gasteiger partial charge on any atom is -0.486 e. The van der Waals surface area contributed by atoms with Crippen molar-refractivity contribution in [2.75, 3.05) is 13.7 Å². The van der Waals surface area contributed by atoms with Crippen LogP contribution in [-0.4, -0.2) is 18.6 Å². The van der Waals surface area contributed by atoms with Gasteiger partial charge in [-0.05, 0) is 67.6 Å². The van der Waals surface area contributed by atoms with Crippen LogP contribution in [0, 0.1) is 0 Å². The smallest absolute Gasteiger partial charge is 0.248 e. The predicted molar refractivity (Wildman–Crippen MR) is 106 cm³/mol. The second-order valence-electron chi connectivity index (χ2n) is 7.02. The van der Waals surface area contributed by atoms with Gasteiger partial charge in [-0.2, -0.15) is 0 Å².